The van der Waals surface area contributed by atoms with Gasteiger partial charge < -0.3 is 14.8 Å². The van der Waals surface area contributed by atoms with E-state index in [1.165, 1.54) is 11.3 Å². The summed E-state index contributed by atoms with van der Waals surface area (Å²) in [6, 6.07) is 15.8. The Hall–Kier alpha value is -3.28. The summed E-state index contributed by atoms with van der Waals surface area (Å²) in [5, 5.41) is 7.81. The first-order chi connectivity index (χ1) is 14.7. The molecule has 4 rings (SSSR count). The van der Waals surface area contributed by atoms with Crippen molar-refractivity contribution in [1.82, 2.24) is 15.1 Å². The van der Waals surface area contributed by atoms with Crippen LogP contribution in [0.25, 0.3) is 0 Å². The maximum Gasteiger partial charge on any atom is 0.225 e. The molecule has 0 radical (unpaired) electrons. The summed E-state index contributed by atoms with van der Waals surface area (Å²) < 4.78 is 12.8. The molecule has 1 atom stereocenters. The molecule has 1 aliphatic rings. The number of rotatable bonds is 7. The standard InChI is InChI=1S/C24H27N3O3/c1-29-19-11-12-23(30-2)18(13-19)14-24(28)26-21-9-6-10-22-20(21)15-25-27(22)16-17-7-4-3-5-8-17/h3-5,7-8,11-13,15,21H,6,9-10,14,16H2,1-2H3,(H,26,28). The second kappa shape index (κ2) is 9.03. The van der Waals surface area contributed by atoms with Gasteiger partial charge >= 0.3 is 0 Å². The minimum absolute atomic E-state index is 0.0117. The van der Waals surface area contributed by atoms with Crippen molar-refractivity contribution in [2.24, 2.45) is 0 Å². The number of nitrogens with zero attached hydrogens (tertiary/aromatic N) is 2. The van der Waals surface area contributed by atoms with Crippen molar-refractivity contribution >= 4 is 5.91 Å². The van der Waals surface area contributed by atoms with E-state index in [9.17, 15) is 4.79 Å². The Balaban J connectivity index is 1.47. The van der Waals surface area contributed by atoms with E-state index in [1.807, 2.05) is 42.6 Å². The van der Waals surface area contributed by atoms with Crippen molar-refractivity contribution in [1.29, 1.82) is 0 Å². The zero-order valence-electron chi connectivity index (χ0n) is 17.4. The number of amides is 1. The van der Waals surface area contributed by atoms with Gasteiger partial charge in [0, 0.05) is 16.8 Å². The summed E-state index contributed by atoms with van der Waals surface area (Å²) in [7, 11) is 3.22. The van der Waals surface area contributed by atoms with Gasteiger partial charge in [-0.1, -0.05) is 30.3 Å². The fraction of sp³-hybridized carbons (Fsp3) is 0.333. The number of hydrogen-bond acceptors (Lipinski definition) is 4. The highest BCUT2D eigenvalue weighted by atomic mass is 16.5. The molecule has 6 nitrogen and oxygen atoms in total. The van der Waals surface area contributed by atoms with Crippen molar-refractivity contribution in [3.63, 3.8) is 0 Å². The number of hydrogen-bond donors (Lipinski definition) is 1. The zero-order chi connectivity index (χ0) is 20.9. The Kier molecular flexibility index (Phi) is 6.02. The van der Waals surface area contributed by atoms with Gasteiger partial charge in [0.05, 0.1) is 39.4 Å². The van der Waals surface area contributed by atoms with Crippen LogP contribution in [0.5, 0.6) is 11.5 Å². The molecule has 0 saturated carbocycles. The average molecular weight is 405 g/mol. The average Bonchev–Trinajstić information content (AvgIpc) is 3.18. The molecule has 1 heterocycles. The van der Waals surface area contributed by atoms with Crippen LogP contribution in [0.4, 0.5) is 0 Å². The number of aromatic nitrogens is 2. The van der Waals surface area contributed by atoms with Crippen molar-refractivity contribution in [2.75, 3.05) is 14.2 Å². The summed E-state index contributed by atoms with van der Waals surface area (Å²) in [5.41, 5.74) is 4.38. The third-order valence-electron chi connectivity index (χ3n) is 5.61. The number of carbonyl (C=O) groups excluding carboxylic acids is 1. The molecule has 0 fully saturated rings. The first kappa shape index (κ1) is 20.0. The van der Waals surface area contributed by atoms with E-state index in [0.29, 0.717) is 11.5 Å². The second-order valence-corrected chi connectivity index (χ2v) is 7.56. The first-order valence-electron chi connectivity index (χ1n) is 10.3. The van der Waals surface area contributed by atoms with Gasteiger partial charge in [0.15, 0.2) is 0 Å². The van der Waals surface area contributed by atoms with Crippen LogP contribution in [0.3, 0.4) is 0 Å². The highest BCUT2D eigenvalue weighted by Gasteiger charge is 2.26. The van der Waals surface area contributed by atoms with Crippen LogP contribution in [-0.2, 0) is 24.2 Å². The molecule has 3 aromatic rings. The third-order valence-corrected chi connectivity index (χ3v) is 5.61. The van der Waals surface area contributed by atoms with E-state index in [4.69, 9.17) is 9.47 Å². The molecule has 6 heteroatoms. The van der Waals surface area contributed by atoms with Gasteiger partial charge in [-0.25, -0.2) is 0 Å². The van der Waals surface area contributed by atoms with E-state index in [-0.39, 0.29) is 18.4 Å². The number of carbonyl (C=O) groups is 1. The molecule has 0 aliphatic heterocycles. The van der Waals surface area contributed by atoms with Gasteiger partial charge in [0.2, 0.25) is 5.91 Å². The van der Waals surface area contributed by atoms with Crippen molar-refractivity contribution in [2.45, 2.75) is 38.3 Å². The van der Waals surface area contributed by atoms with Gasteiger partial charge in [-0.3, -0.25) is 9.48 Å². The smallest absolute Gasteiger partial charge is 0.225 e. The normalized spacial score (nSPS) is 15.3. The summed E-state index contributed by atoms with van der Waals surface area (Å²) in [5.74, 6) is 1.36. The van der Waals surface area contributed by atoms with E-state index >= 15 is 0 Å². The molecule has 1 amide bonds. The van der Waals surface area contributed by atoms with Gasteiger partial charge in [-0.2, -0.15) is 5.10 Å². The number of methoxy groups -OCH3 is 2. The van der Waals surface area contributed by atoms with Gasteiger partial charge in [0.1, 0.15) is 11.5 Å². The fourth-order valence-corrected chi connectivity index (χ4v) is 4.10. The van der Waals surface area contributed by atoms with E-state index in [2.05, 4.69) is 27.2 Å². The molecule has 30 heavy (non-hydrogen) atoms. The van der Waals surface area contributed by atoms with Gasteiger partial charge in [-0.15, -0.1) is 0 Å². The summed E-state index contributed by atoms with van der Waals surface area (Å²) in [6.07, 6.45) is 5.09. The highest BCUT2D eigenvalue weighted by Crippen LogP contribution is 2.30. The Bertz CT molecular complexity index is 1010. The van der Waals surface area contributed by atoms with Crippen LogP contribution in [0.2, 0.25) is 0 Å². The van der Waals surface area contributed by atoms with Crippen molar-refractivity contribution in [3.8, 4) is 11.5 Å². The fourth-order valence-electron chi connectivity index (χ4n) is 4.10. The zero-order valence-corrected chi connectivity index (χ0v) is 17.4. The van der Waals surface area contributed by atoms with Gasteiger partial charge in [-0.05, 0) is 43.0 Å². The van der Waals surface area contributed by atoms with Crippen molar-refractivity contribution in [3.05, 3.63) is 77.1 Å². The molecule has 1 unspecified atom stereocenters. The lowest BCUT2D eigenvalue weighted by Gasteiger charge is -2.24. The van der Waals surface area contributed by atoms with Crippen molar-refractivity contribution < 1.29 is 14.3 Å². The highest BCUT2D eigenvalue weighted by molar-refractivity contribution is 5.80. The minimum Gasteiger partial charge on any atom is -0.497 e. The molecule has 1 aromatic heterocycles. The second-order valence-electron chi connectivity index (χ2n) is 7.56. The topological polar surface area (TPSA) is 65.4 Å². The molecule has 0 saturated heterocycles. The molecule has 156 valence electrons. The maximum atomic E-state index is 12.8. The summed E-state index contributed by atoms with van der Waals surface area (Å²) >= 11 is 0. The predicted molar refractivity (Wildman–Crippen MR) is 115 cm³/mol. The minimum atomic E-state index is -0.0322. The number of benzene rings is 2. The van der Waals surface area contributed by atoms with Crippen LogP contribution >= 0.6 is 0 Å². The lowest BCUT2D eigenvalue weighted by molar-refractivity contribution is -0.121. The Morgan fingerprint density at radius 3 is 2.77 bits per heavy atom. The quantitative estimate of drug-likeness (QED) is 0.651. The van der Waals surface area contributed by atoms with Crippen LogP contribution in [-0.4, -0.2) is 29.9 Å². The lowest BCUT2D eigenvalue weighted by atomic mass is 9.92. The molecular weight excluding hydrogens is 378 g/mol. The Morgan fingerprint density at radius 2 is 2.00 bits per heavy atom. The first-order valence-corrected chi connectivity index (χ1v) is 10.3. The number of nitrogens with one attached hydrogen (secondary N) is 1. The predicted octanol–water partition coefficient (Wildman–Crippen LogP) is 3.68. The maximum absolute atomic E-state index is 12.8. The van der Waals surface area contributed by atoms with E-state index in [0.717, 1.165) is 36.9 Å². The molecule has 0 bridgehead atoms. The van der Waals surface area contributed by atoms with Crippen LogP contribution in [0.15, 0.2) is 54.7 Å². The Labute approximate surface area is 176 Å². The Morgan fingerprint density at radius 1 is 1.17 bits per heavy atom. The van der Waals surface area contributed by atoms with Gasteiger partial charge in [0.25, 0.3) is 0 Å². The number of fused-ring (bicyclic) bond motifs is 1. The largest absolute Gasteiger partial charge is 0.497 e. The summed E-state index contributed by atoms with van der Waals surface area (Å²) in [6.45, 7) is 0.748. The lowest BCUT2D eigenvalue weighted by Crippen LogP contribution is -2.32. The molecule has 0 spiro atoms. The molecule has 1 N–H and O–H groups in total. The molecular formula is C24H27N3O3. The van der Waals surface area contributed by atoms with E-state index in [1.54, 1.807) is 14.2 Å². The molecule has 1 aliphatic carbocycles. The SMILES string of the molecule is COc1ccc(OC)c(CC(=O)NC2CCCc3c2cnn3Cc2ccccc2)c1. The molecule has 2 aromatic carbocycles. The number of ether oxygens (including phenoxy) is 2. The third kappa shape index (κ3) is 4.32. The summed E-state index contributed by atoms with van der Waals surface area (Å²) in [4.78, 5) is 12.8. The monoisotopic (exact) mass is 405 g/mol. The van der Waals surface area contributed by atoms with Crippen LogP contribution in [0.1, 0.15) is 41.3 Å². The van der Waals surface area contributed by atoms with Crippen LogP contribution < -0.4 is 14.8 Å². The van der Waals surface area contributed by atoms with E-state index < -0.39 is 0 Å². The van der Waals surface area contributed by atoms with Crippen LogP contribution in [0, 0.1) is 0 Å².